The van der Waals surface area contributed by atoms with Gasteiger partial charge in [-0.3, -0.25) is 4.79 Å². The molecule has 4 saturated carbocycles. The van der Waals surface area contributed by atoms with Gasteiger partial charge >= 0.3 is 5.97 Å². The zero-order valence-corrected chi connectivity index (χ0v) is 17.5. The van der Waals surface area contributed by atoms with E-state index in [1.807, 2.05) is 6.92 Å². The second-order valence-electron chi connectivity index (χ2n) is 10.8. The highest BCUT2D eigenvalue weighted by Crippen LogP contribution is 2.76. The van der Waals surface area contributed by atoms with Gasteiger partial charge in [0.25, 0.3) is 0 Å². The molecule has 1 saturated heterocycles. The smallest absolute Gasteiger partial charge is 0.302 e. The van der Waals surface area contributed by atoms with Crippen LogP contribution in [0.25, 0.3) is 0 Å². The first-order valence-electron chi connectivity index (χ1n) is 11.4. The van der Waals surface area contributed by atoms with Crippen molar-refractivity contribution in [3.8, 4) is 0 Å². The normalized spacial score (nSPS) is 55.3. The molecule has 158 valence electrons. The molecule has 2 N–H and O–H groups in total. The van der Waals surface area contributed by atoms with Crippen LogP contribution in [-0.2, 0) is 14.3 Å². The second-order valence-corrected chi connectivity index (χ2v) is 10.8. The number of ether oxygens (including phenoxy) is 2. The average molecular weight is 393 g/mol. The van der Waals surface area contributed by atoms with E-state index in [2.05, 4.69) is 6.92 Å². The molecule has 0 aromatic carbocycles. The van der Waals surface area contributed by atoms with E-state index in [1.165, 1.54) is 6.92 Å². The van der Waals surface area contributed by atoms with Gasteiger partial charge < -0.3 is 19.7 Å². The zero-order chi connectivity index (χ0) is 19.9. The van der Waals surface area contributed by atoms with E-state index in [-0.39, 0.29) is 41.2 Å². The monoisotopic (exact) mass is 392 g/mol. The number of aliphatic hydroxyl groups is 2. The van der Waals surface area contributed by atoms with Crippen LogP contribution in [0.5, 0.6) is 0 Å². The van der Waals surface area contributed by atoms with Gasteiger partial charge in [-0.25, -0.2) is 0 Å². The lowest BCUT2D eigenvalue weighted by Crippen LogP contribution is -2.61. The third-order valence-corrected chi connectivity index (χ3v) is 10.0. The first kappa shape index (κ1) is 19.3. The largest absolute Gasteiger partial charge is 0.463 e. The fourth-order valence-electron chi connectivity index (χ4n) is 8.87. The number of aliphatic hydroxyl groups excluding tert-OH is 2. The number of rotatable bonds is 3. The fourth-order valence-corrected chi connectivity index (χ4v) is 8.87. The maximum Gasteiger partial charge on any atom is 0.302 e. The maximum atomic E-state index is 11.4. The molecule has 5 nitrogen and oxygen atoms in total. The van der Waals surface area contributed by atoms with Crippen molar-refractivity contribution in [3.63, 3.8) is 0 Å². The Kier molecular flexibility index (Phi) is 4.26. The number of epoxide rings is 1. The molecule has 1 unspecified atom stereocenters. The molecule has 5 heteroatoms. The zero-order valence-electron chi connectivity index (χ0n) is 17.5. The summed E-state index contributed by atoms with van der Waals surface area (Å²) in [6.07, 6.45) is 8.17. The van der Waals surface area contributed by atoms with Crippen LogP contribution in [0.3, 0.4) is 0 Å². The summed E-state index contributed by atoms with van der Waals surface area (Å²) in [5, 5.41) is 21.1. The van der Waals surface area contributed by atoms with Crippen molar-refractivity contribution in [1.29, 1.82) is 0 Å². The van der Waals surface area contributed by atoms with E-state index in [1.54, 1.807) is 0 Å². The van der Waals surface area contributed by atoms with Crippen LogP contribution < -0.4 is 0 Å². The summed E-state index contributed by atoms with van der Waals surface area (Å²) in [5.74, 6) is 1.55. The molecule has 1 spiro atoms. The summed E-state index contributed by atoms with van der Waals surface area (Å²) in [5.41, 5.74) is -0.0576. The lowest BCUT2D eigenvalue weighted by atomic mass is 9.43. The van der Waals surface area contributed by atoms with Gasteiger partial charge in [0, 0.05) is 18.9 Å². The molecule has 5 fully saturated rings. The van der Waals surface area contributed by atoms with Crippen LogP contribution in [0.15, 0.2) is 0 Å². The molecule has 1 heterocycles. The summed E-state index contributed by atoms with van der Waals surface area (Å²) < 4.78 is 12.0. The molecular formula is C23H36O5. The number of hydrogen-bond donors (Lipinski definition) is 2. The molecule has 0 bridgehead atoms. The molecule has 5 rings (SSSR count). The van der Waals surface area contributed by atoms with Crippen molar-refractivity contribution in [2.45, 2.75) is 96.1 Å². The van der Waals surface area contributed by atoms with Crippen molar-refractivity contribution in [3.05, 3.63) is 0 Å². The van der Waals surface area contributed by atoms with E-state index >= 15 is 0 Å². The van der Waals surface area contributed by atoms with Crippen LogP contribution in [0, 0.1) is 34.5 Å². The molecule has 5 aliphatic rings. The van der Waals surface area contributed by atoms with Gasteiger partial charge in [-0.05, 0) is 87.4 Å². The maximum absolute atomic E-state index is 11.4. The number of esters is 1. The molecule has 28 heavy (non-hydrogen) atoms. The summed E-state index contributed by atoms with van der Waals surface area (Å²) in [7, 11) is 0. The number of fused-ring (bicyclic) bond motifs is 3. The van der Waals surface area contributed by atoms with Crippen LogP contribution in [-0.4, -0.2) is 46.7 Å². The summed E-state index contributed by atoms with van der Waals surface area (Å²) >= 11 is 0. The molecule has 0 radical (unpaired) electrons. The van der Waals surface area contributed by atoms with Gasteiger partial charge in [0.05, 0.1) is 12.2 Å². The Balaban J connectivity index is 1.43. The van der Waals surface area contributed by atoms with Gasteiger partial charge in [-0.2, -0.15) is 0 Å². The number of carbonyl (C=O) groups is 1. The minimum Gasteiger partial charge on any atom is -0.463 e. The Hall–Kier alpha value is -0.650. The highest BCUT2D eigenvalue weighted by molar-refractivity contribution is 5.66. The Morgan fingerprint density at radius 2 is 1.96 bits per heavy atom. The minimum atomic E-state index is -0.280. The predicted molar refractivity (Wildman–Crippen MR) is 103 cm³/mol. The summed E-state index contributed by atoms with van der Waals surface area (Å²) in [6, 6.07) is 0. The highest BCUT2D eigenvalue weighted by atomic mass is 16.6. The molecule has 0 aromatic rings. The van der Waals surface area contributed by atoms with E-state index in [4.69, 9.17) is 9.47 Å². The van der Waals surface area contributed by atoms with Crippen molar-refractivity contribution in [2.75, 3.05) is 6.61 Å². The van der Waals surface area contributed by atoms with Gasteiger partial charge in [-0.1, -0.05) is 6.92 Å². The highest BCUT2D eigenvalue weighted by Gasteiger charge is 2.81. The van der Waals surface area contributed by atoms with E-state index in [0.29, 0.717) is 29.8 Å². The van der Waals surface area contributed by atoms with E-state index < -0.39 is 0 Å². The summed E-state index contributed by atoms with van der Waals surface area (Å²) in [4.78, 5) is 11.4. The quantitative estimate of drug-likeness (QED) is 0.570. The first-order valence-corrected chi connectivity index (χ1v) is 11.4. The van der Waals surface area contributed by atoms with E-state index in [9.17, 15) is 15.0 Å². The van der Waals surface area contributed by atoms with Crippen LogP contribution in [0.2, 0.25) is 0 Å². The first-order chi connectivity index (χ1) is 13.3. The second kappa shape index (κ2) is 6.18. The Labute approximate surface area is 168 Å². The van der Waals surface area contributed by atoms with Crippen molar-refractivity contribution >= 4 is 5.97 Å². The molecule has 1 aliphatic heterocycles. The number of carbonyl (C=O) groups excluding carboxylic acids is 1. The van der Waals surface area contributed by atoms with Gasteiger partial charge in [0.2, 0.25) is 0 Å². The molecule has 4 aliphatic carbocycles. The van der Waals surface area contributed by atoms with Gasteiger partial charge in [-0.15, -0.1) is 0 Å². The Bertz CT molecular complexity index is 663. The average Bonchev–Trinajstić information content (AvgIpc) is 3.31. The predicted octanol–water partition coefficient (Wildman–Crippen LogP) is 3.06. The molecule has 0 amide bonds. The molecular weight excluding hydrogens is 356 g/mol. The fraction of sp³-hybridized carbons (Fsp3) is 0.957. The van der Waals surface area contributed by atoms with Crippen LogP contribution in [0.1, 0.15) is 72.1 Å². The summed E-state index contributed by atoms with van der Waals surface area (Å²) in [6.45, 7) is 6.05. The number of hydrogen-bond acceptors (Lipinski definition) is 5. The van der Waals surface area contributed by atoms with Gasteiger partial charge in [0.15, 0.2) is 0 Å². The van der Waals surface area contributed by atoms with Crippen LogP contribution >= 0.6 is 0 Å². The molecule has 10 atom stereocenters. The van der Waals surface area contributed by atoms with Crippen molar-refractivity contribution in [2.24, 2.45) is 34.5 Å². The Morgan fingerprint density at radius 3 is 2.64 bits per heavy atom. The third-order valence-electron chi connectivity index (χ3n) is 10.0. The lowest BCUT2D eigenvalue weighted by Gasteiger charge is -2.61. The SMILES string of the molecule is CC(=O)O[C@H]1CC[C@@]2(CO)[C@@H](CC[C@@H]3[C@@H]2CC[C@]2(C)[C@@H](C(C)O)C[C@H]4O[C@]342)C1. The standard InChI is InChI=1S/C23H36O5/c1-13(25)19-11-20-23(28-20)18-5-4-15-10-16(27-14(2)26)6-9-22(15,12-24)17(18)7-8-21(19,23)3/h13,15-20,24-25H,4-12H2,1-3H3/t13?,15-,16-,17-,18+,19+,20+,21+,22+,23+/m0/s1. The lowest BCUT2D eigenvalue weighted by molar-refractivity contribution is -0.181. The van der Waals surface area contributed by atoms with Gasteiger partial charge in [0.1, 0.15) is 11.7 Å². The minimum absolute atomic E-state index is 0.0155. The third kappa shape index (κ3) is 2.27. The Morgan fingerprint density at radius 1 is 1.18 bits per heavy atom. The molecule has 0 aromatic heterocycles. The topological polar surface area (TPSA) is 79.3 Å². The van der Waals surface area contributed by atoms with Crippen LogP contribution in [0.4, 0.5) is 0 Å². The van der Waals surface area contributed by atoms with Crippen molar-refractivity contribution in [1.82, 2.24) is 0 Å². The van der Waals surface area contributed by atoms with Crippen molar-refractivity contribution < 1.29 is 24.5 Å². The van der Waals surface area contributed by atoms with E-state index in [0.717, 1.165) is 51.4 Å².